The molecule has 0 spiro atoms. The second-order valence-corrected chi connectivity index (χ2v) is 9.83. The number of hydrogen-bond donors (Lipinski definition) is 3. The van der Waals surface area contributed by atoms with Crippen molar-refractivity contribution in [2.24, 2.45) is 0 Å². The van der Waals surface area contributed by atoms with Gasteiger partial charge in [0.2, 0.25) is 5.91 Å². The Labute approximate surface area is 221 Å². The maximum atomic E-state index is 12.8. The molecule has 196 valence electrons. The first-order valence-corrected chi connectivity index (χ1v) is 13.2. The highest BCUT2D eigenvalue weighted by molar-refractivity contribution is 5.94. The van der Waals surface area contributed by atoms with Gasteiger partial charge in [-0.3, -0.25) is 9.59 Å². The molecule has 2 amide bonds. The van der Waals surface area contributed by atoms with Gasteiger partial charge in [0.25, 0.3) is 5.91 Å². The van der Waals surface area contributed by atoms with Gasteiger partial charge in [0.15, 0.2) is 5.82 Å². The first-order valence-electron chi connectivity index (χ1n) is 13.2. The Morgan fingerprint density at radius 2 is 2.00 bits per heavy atom. The van der Waals surface area contributed by atoms with Crippen LogP contribution >= 0.6 is 0 Å². The van der Waals surface area contributed by atoms with E-state index in [1.165, 1.54) is 5.56 Å². The number of H-pyrrole nitrogens is 1. The first-order chi connectivity index (χ1) is 18.6. The van der Waals surface area contributed by atoms with Gasteiger partial charge in [-0.25, -0.2) is 0 Å². The van der Waals surface area contributed by atoms with E-state index in [1.807, 2.05) is 37.3 Å². The largest absolute Gasteiger partial charge is 0.352 e. The number of aryl methyl sites for hydroxylation is 2. The van der Waals surface area contributed by atoms with Crippen molar-refractivity contribution in [2.45, 2.75) is 50.5 Å². The summed E-state index contributed by atoms with van der Waals surface area (Å²) < 4.78 is 0. The quantitative estimate of drug-likeness (QED) is 0.392. The third-order valence-electron chi connectivity index (χ3n) is 7.71. The van der Waals surface area contributed by atoms with Gasteiger partial charge in [0.05, 0.1) is 18.0 Å². The van der Waals surface area contributed by atoms with Crippen LogP contribution in [0.25, 0.3) is 0 Å². The number of rotatable bonds is 8. The minimum absolute atomic E-state index is 0.0593. The zero-order valence-electron chi connectivity index (χ0n) is 21.5. The van der Waals surface area contributed by atoms with E-state index >= 15 is 0 Å². The predicted molar refractivity (Wildman–Crippen MR) is 140 cm³/mol. The molecule has 5 rings (SSSR count). The van der Waals surface area contributed by atoms with E-state index in [4.69, 9.17) is 0 Å². The normalized spacial score (nSPS) is 20.2. The second-order valence-electron chi connectivity index (χ2n) is 9.83. The van der Waals surface area contributed by atoms with Crippen molar-refractivity contribution in [1.82, 2.24) is 36.2 Å². The number of amides is 2. The fourth-order valence-electron chi connectivity index (χ4n) is 5.93. The zero-order valence-corrected chi connectivity index (χ0v) is 21.5. The number of carbonyl (C=O) groups is 2. The van der Waals surface area contributed by atoms with Crippen molar-refractivity contribution >= 4 is 11.8 Å². The monoisotopic (exact) mass is 512 g/mol. The average Bonchev–Trinajstić information content (AvgIpc) is 3.63. The number of carbonyl (C=O) groups excluding carboxylic acids is 2. The van der Waals surface area contributed by atoms with Gasteiger partial charge >= 0.3 is 0 Å². The number of tetrazole rings is 1. The third kappa shape index (κ3) is 4.65. The molecule has 2 aromatic carbocycles. The highest BCUT2D eigenvalue weighted by atomic mass is 16.2. The van der Waals surface area contributed by atoms with Crippen molar-refractivity contribution in [3.63, 3.8) is 0 Å². The summed E-state index contributed by atoms with van der Waals surface area (Å²) in [5.41, 5.74) is 4.30. The van der Waals surface area contributed by atoms with Gasteiger partial charge in [-0.1, -0.05) is 35.5 Å². The third-order valence-corrected chi connectivity index (χ3v) is 7.71. The average molecular weight is 513 g/mol. The Bertz CT molecular complexity index is 1350. The van der Waals surface area contributed by atoms with E-state index in [0.29, 0.717) is 37.4 Å². The van der Waals surface area contributed by atoms with Crippen LogP contribution in [0.4, 0.5) is 0 Å². The molecule has 10 heteroatoms. The molecule has 10 nitrogen and oxygen atoms in total. The van der Waals surface area contributed by atoms with Crippen molar-refractivity contribution in [3.8, 4) is 6.07 Å². The maximum absolute atomic E-state index is 12.8. The molecule has 0 bridgehead atoms. The van der Waals surface area contributed by atoms with Crippen molar-refractivity contribution in [2.75, 3.05) is 26.2 Å². The number of benzene rings is 2. The Balaban J connectivity index is 1.49. The standard InChI is InChI=1S/C28H32N8O2/c1-2-31-26(38)21-11-12-24-20(16-21)10-9-19-6-3-4-8-23(19)28(24,27-32-34-35-33-27)13-14-30-18-25(37)36-15-5-7-22(36)17-29/h3-4,6,8,11-12,16,22,30H,2,5,7,9-10,13-15,18H2,1H3,(H,31,38)(H,32,33,34,35). The number of aromatic amines is 1. The van der Waals surface area contributed by atoms with E-state index in [2.05, 4.69) is 49.5 Å². The van der Waals surface area contributed by atoms with Crippen LogP contribution in [0, 0.1) is 11.3 Å². The van der Waals surface area contributed by atoms with Crippen molar-refractivity contribution < 1.29 is 9.59 Å². The van der Waals surface area contributed by atoms with Crippen LogP contribution in [0.1, 0.15) is 64.6 Å². The Morgan fingerprint density at radius 3 is 2.79 bits per heavy atom. The van der Waals surface area contributed by atoms with Gasteiger partial charge in [-0.05, 0) is 80.0 Å². The molecule has 2 aliphatic rings. The molecular formula is C28H32N8O2. The van der Waals surface area contributed by atoms with Gasteiger partial charge in [0.1, 0.15) is 6.04 Å². The molecule has 1 fully saturated rings. The lowest BCUT2D eigenvalue weighted by Crippen LogP contribution is -2.42. The van der Waals surface area contributed by atoms with Crippen molar-refractivity contribution in [3.05, 3.63) is 76.1 Å². The van der Waals surface area contributed by atoms with E-state index < -0.39 is 5.41 Å². The molecule has 0 saturated carbocycles. The first kappa shape index (κ1) is 25.5. The molecule has 3 aromatic rings. The van der Waals surface area contributed by atoms with Gasteiger partial charge in [0, 0.05) is 18.7 Å². The lowest BCUT2D eigenvalue weighted by atomic mass is 9.69. The van der Waals surface area contributed by atoms with Crippen LogP contribution < -0.4 is 10.6 Å². The minimum Gasteiger partial charge on any atom is -0.352 e. The summed E-state index contributed by atoms with van der Waals surface area (Å²) in [7, 11) is 0. The smallest absolute Gasteiger partial charge is 0.251 e. The molecule has 1 aliphatic carbocycles. The van der Waals surface area contributed by atoms with Crippen LogP contribution in [0.5, 0.6) is 0 Å². The van der Waals surface area contributed by atoms with E-state index in [9.17, 15) is 14.9 Å². The van der Waals surface area contributed by atoms with E-state index in [-0.39, 0.29) is 24.4 Å². The number of nitriles is 1. The fourth-order valence-corrected chi connectivity index (χ4v) is 5.93. The topological polar surface area (TPSA) is 140 Å². The summed E-state index contributed by atoms with van der Waals surface area (Å²) in [5, 5.41) is 31.0. The van der Waals surface area contributed by atoms with Crippen LogP contribution in [0.2, 0.25) is 0 Å². The Morgan fingerprint density at radius 1 is 1.18 bits per heavy atom. The number of fused-ring (bicyclic) bond motifs is 2. The molecule has 1 aromatic heterocycles. The van der Waals surface area contributed by atoms with Gasteiger partial charge in [-0.15, -0.1) is 10.2 Å². The van der Waals surface area contributed by atoms with E-state index in [1.54, 1.807) is 4.90 Å². The summed E-state index contributed by atoms with van der Waals surface area (Å²) >= 11 is 0. The number of likely N-dealkylation sites (tertiary alicyclic amines) is 1. The van der Waals surface area contributed by atoms with Crippen molar-refractivity contribution in [1.29, 1.82) is 5.26 Å². The number of nitrogens with zero attached hydrogens (tertiary/aromatic N) is 5. The number of nitrogens with one attached hydrogen (secondary N) is 3. The van der Waals surface area contributed by atoms with Crippen LogP contribution in [0.3, 0.4) is 0 Å². The molecule has 0 radical (unpaired) electrons. The molecule has 1 saturated heterocycles. The van der Waals surface area contributed by atoms with Gasteiger partial charge < -0.3 is 15.5 Å². The molecule has 2 heterocycles. The zero-order chi connectivity index (χ0) is 26.5. The number of hydrogen-bond acceptors (Lipinski definition) is 7. The summed E-state index contributed by atoms with van der Waals surface area (Å²) in [5.74, 6) is 0.395. The summed E-state index contributed by atoms with van der Waals surface area (Å²) in [6.45, 7) is 3.76. The Kier molecular flexibility index (Phi) is 7.47. The van der Waals surface area contributed by atoms with Crippen LogP contribution in [-0.2, 0) is 23.1 Å². The lowest BCUT2D eigenvalue weighted by molar-refractivity contribution is -0.130. The van der Waals surface area contributed by atoms with Crippen LogP contribution in [0.15, 0.2) is 42.5 Å². The number of aromatic nitrogens is 4. The second kappa shape index (κ2) is 11.1. The Hall–Kier alpha value is -4.10. The summed E-state index contributed by atoms with van der Waals surface area (Å²) in [4.78, 5) is 27.1. The van der Waals surface area contributed by atoms with Gasteiger partial charge in [-0.2, -0.15) is 10.5 Å². The maximum Gasteiger partial charge on any atom is 0.251 e. The molecule has 2 atom stereocenters. The minimum atomic E-state index is -0.728. The summed E-state index contributed by atoms with van der Waals surface area (Å²) in [6.07, 6.45) is 3.76. The molecular weight excluding hydrogens is 480 g/mol. The SMILES string of the molecule is CCNC(=O)c1ccc2c(c1)CCc1ccccc1C2(CCNCC(=O)N1CCCC1C#N)c1nn[nH]n1. The van der Waals surface area contributed by atoms with Crippen LogP contribution in [-0.4, -0.2) is 69.6 Å². The molecule has 1 aliphatic heterocycles. The highest BCUT2D eigenvalue weighted by Gasteiger charge is 2.44. The highest BCUT2D eigenvalue weighted by Crippen LogP contribution is 2.45. The summed E-state index contributed by atoms with van der Waals surface area (Å²) in [6, 6.07) is 16.1. The molecule has 38 heavy (non-hydrogen) atoms. The predicted octanol–water partition coefficient (Wildman–Crippen LogP) is 1.88. The van der Waals surface area contributed by atoms with E-state index in [0.717, 1.165) is 42.4 Å². The lowest BCUT2D eigenvalue weighted by Gasteiger charge is -2.34. The molecule has 3 N–H and O–H groups in total. The molecule has 2 unspecified atom stereocenters. The fraction of sp³-hybridized carbons (Fsp3) is 0.429.